The van der Waals surface area contributed by atoms with E-state index in [4.69, 9.17) is 0 Å². The van der Waals surface area contributed by atoms with E-state index in [1.54, 1.807) is 0 Å². The minimum absolute atomic E-state index is 0.799. The molecule has 0 aliphatic heterocycles. The van der Waals surface area contributed by atoms with E-state index in [1.165, 1.54) is 14.3 Å². The molecule has 0 aliphatic rings. The van der Waals surface area contributed by atoms with Crippen LogP contribution in [0.1, 0.15) is 10.4 Å². The summed E-state index contributed by atoms with van der Waals surface area (Å²) in [5, 5.41) is 2.38. The van der Waals surface area contributed by atoms with Crippen LogP contribution in [0, 0.1) is 10.7 Å². The number of hydrogen-bond acceptors (Lipinski definition) is 1. The molecular formula is C11H5I3O. The minimum atomic E-state index is 0.799. The number of rotatable bonds is 1. The van der Waals surface area contributed by atoms with Crippen molar-refractivity contribution >= 4 is 84.8 Å². The zero-order valence-corrected chi connectivity index (χ0v) is 13.9. The highest BCUT2D eigenvalue weighted by atomic mass is 127. The second kappa shape index (κ2) is 4.82. The Bertz CT molecular complexity index is 549. The van der Waals surface area contributed by atoms with Crippen molar-refractivity contribution in [3.63, 3.8) is 0 Å². The first-order valence-corrected chi connectivity index (χ1v) is 7.40. The van der Waals surface area contributed by atoms with Crippen molar-refractivity contribution in [1.82, 2.24) is 0 Å². The van der Waals surface area contributed by atoms with Crippen LogP contribution in [0.5, 0.6) is 0 Å². The van der Waals surface area contributed by atoms with Crippen molar-refractivity contribution in [3.05, 3.63) is 40.5 Å². The zero-order valence-electron chi connectivity index (χ0n) is 7.43. The fourth-order valence-corrected chi connectivity index (χ4v) is 5.03. The van der Waals surface area contributed by atoms with Crippen LogP contribution in [0.15, 0.2) is 24.3 Å². The molecule has 2 rings (SSSR count). The highest BCUT2D eigenvalue weighted by Gasteiger charge is 2.10. The number of aldehydes is 1. The summed E-state index contributed by atoms with van der Waals surface area (Å²) < 4.78 is 3.25. The zero-order chi connectivity index (χ0) is 11.0. The topological polar surface area (TPSA) is 17.1 Å². The number of fused-ring (bicyclic) bond motifs is 1. The number of halogens is 3. The standard InChI is InChI=1S/C11H5I3O/c12-8-3-1-2-6-4-9(13)7(5-15)11(14)10(6)8/h1-5H. The van der Waals surface area contributed by atoms with Gasteiger partial charge in [-0.1, -0.05) is 12.1 Å². The van der Waals surface area contributed by atoms with Gasteiger partial charge in [-0.25, -0.2) is 0 Å². The van der Waals surface area contributed by atoms with E-state index in [-0.39, 0.29) is 0 Å². The largest absolute Gasteiger partial charge is 0.298 e. The predicted molar refractivity (Wildman–Crippen MR) is 87.5 cm³/mol. The molecule has 2 aromatic rings. The first-order chi connectivity index (χ1) is 7.15. The van der Waals surface area contributed by atoms with Crippen molar-refractivity contribution in [2.45, 2.75) is 0 Å². The van der Waals surface area contributed by atoms with Crippen molar-refractivity contribution in [3.8, 4) is 0 Å². The van der Waals surface area contributed by atoms with Crippen LogP contribution in [0.3, 0.4) is 0 Å². The highest BCUT2D eigenvalue weighted by Crippen LogP contribution is 2.30. The lowest BCUT2D eigenvalue weighted by molar-refractivity contribution is 0.112. The smallest absolute Gasteiger partial charge is 0.152 e. The fourth-order valence-electron chi connectivity index (χ4n) is 1.45. The van der Waals surface area contributed by atoms with Crippen LogP contribution >= 0.6 is 67.8 Å². The van der Waals surface area contributed by atoms with Gasteiger partial charge in [0.2, 0.25) is 0 Å². The third kappa shape index (κ3) is 2.17. The van der Waals surface area contributed by atoms with E-state index in [1.807, 2.05) is 6.07 Å². The maximum atomic E-state index is 11.0. The van der Waals surface area contributed by atoms with Crippen molar-refractivity contribution in [2.24, 2.45) is 0 Å². The molecule has 2 aromatic carbocycles. The van der Waals surface area contributed by atoms with Gasteiger partial charge in [0.25, 0.3) is 0 Å². The summed E-state index contributed by atoms with van der Waals surface area (Å²) in [6.45, 7) is 0. The molecule has 0 atom stereocenters. The number of carbonyl (C=O) groups is 1. The predicted octanol–water partition coefficient (Wildman–Crippen LogP) is 4.47. The van der Waals surface area contributed by atoms with E-state index in [9.17, 15) is 4.79 Å². The molecule has 0 bridgehead atoms. The Balaban J connectivity index is 2.98. The normalized spacial score (nSPS) is 10.6. The van der Waals surface area contributed by atoms with Crippen LogP contribution in [-0.4, -0.2) is 6.29 Å². The molecule has 1 nitrogen and oxygen atoms in total. The van der Waals surface area contributed by atoms with Crippen LogP contribution in [0.4, 0.5) is 0 Å². The number of carbonyl (C=O) groups excluding carboxylic acids is 1. The summed E-state index contributed by atoms with van der Waals surface area (Å²) in [4.78, 5) is 11.0. The quantitative estimate of drug-likeness (QED) is 0.391. The maximum Gasteiger partial charge on any atom is 0.152 e. The SMILES string of the molecule is O=Cc1c(I)cc2cccc(I)c2c1I. The second-order valence-electron chi connectivity index (χ2n) is 3.04. The van der Waals surface area contributed by atoms with Crippen molar-refractivity contribution < 1.29 is 4.79 Å². The molecule has 0 saturated carbocycles. The summed E-state index contributed by atoms with van der Waals surface area (Å²) in [6, 6.07) is 8.24. The van der Waals surface area contributed by atoms with E-state index in [0.717, 1.165) is 19.0 Å². The fraction of sp³-hybridized carbons (Fsp3) is 0. The van der Waals surface area contributed by atoms with Crippen LogP contribution < -0.4 is 0 Å². The van der Waals surface area contributed by atoms with Gasteiger partial charge < -0.3 is 0 Å². The molecule has 0 spiro atoms. The third-order valence-corrected chi connectivity index (χ3v) is 5.07. The lowest BCUT2D eigenvalue weighted by Gasteiger charge is -2.07. The molecule has 0 aromatic heterocycles. The highest BCUT2D eigenvalue weighted by molar-refractivity contribution is 14.1. The Morgan fingerprint density at radius 2 is 1.80 bits per heavy atom. The van der Waals surface area contributed by atoms with Gasteiger partial charge in [0, 0.05) is 21.7 Å². The van der Waals surface area contributed by atoms with Gasteiger partial charge in [-0.3, -0.25) is 4.79 Å². The number of benzene rings is 2. The lowest BCUT2D eigenvalue weighted by atomic mass is 10.1. The van der Waals surface area contributed by atoms with E-state index in [0.29, 0.717) is 0 Å². The average Bonchev–Trinajstić information content (AvgIpc) is 2.17. The minimum Gasteiger partial charge on any atom is -0.298 e. The van der Waals surface area contributed by atoms with Gasteiger partial charge >= 0.3 is 0 Å². The molecule has 0 heterocycles. The molecule has 0 unspecified atom stereocenters. The van der Waals surface area contributed by atoms with Gasteiger partial charge in [-0.05, 0) is 85.3 Å². The summed E-state index contributed by atoms with van der Waals surface area (Å²) >= 11 is 6.76. The molecule has 76 valence electrons. The molecule has 0 fully saturated rings. The summed E-state index contributed by atoms with van der Waals surface area (Å²) in [5.41, 5.74) is 0.799. The first kappa shape index (κ1) is 12.0. The second-order valence-corrected chi connectivity index (χ2v) is 6.44. The Kier molecular flexibility index (Phi) is 3.87. The van der Waals surface area contributed by atoms with E-state index in [2.05, 4.69) is 86.0 Å². The molecule has 0 saturated heterocycles. The van der Waals surface area contributed by atoms with Gasteiger partial charge in [0.1, 0.15) is 0 Å². The Morgan fingerprint density at radius 1 is 1.07 bits per heavy atom. The maximum absolute atomic E-state index is 11.0. The number of hydrogen-bond donors (Lipinski definition) is 0. The van der Waals surface area contributed by atoms with Crippen molar-refractivity contribution in [1.29, 1.82) is 0 Å². The van der Waals surface area contributed by atoms with Crippen molar-refractivity contribution in [2.75, 3.05) is 0 Å². The van der Waals surface area contributed by atoms with E-state index < -0.39 is 0 Å². The van der Waals surface area contributed by atoms with Crippen LogP contribution in [0.2, 0.25) is 0 Å². The summed E-state index contributed by atoms with van der Waals surface area (Å²) in [6.07, 6.45) is 0.937. The first-order valence-electron chi connectivity index (χ1n) is 4.16. The molecule has 0 aliphatic carbocycles. The van der Waals surface area contributed by atoms with Gasteiger partial charge in [-0.2, -0.15) is 0 Å². The lowest BCUT2D eigenvalue weighted by Crippen LogP contribution is -1.94. The van der Waals surface area contributed by atoms with Gasteiger partial charge in [0.05, 0.1) is 0 Å². The Hall–Kier alpha value is 0.560. The van der Waals surface area contributed by atoms with Gasteiger partial charge in [0.15, 0.2) is 6.29 Å². The summed E-state index contributed by atoms with van der Waals surface area (Å²) in [5.74, 6) is 0. The molecular weight excluding hydrogens is 529 g/mol. The Labute approximate surface area is 128 Å². The van der Waals surface area contributed by atoms with Crippen LogP contribution in [-0.2, 0) is 0 Å². The van der Waals surface area contributed by atoms with Crippen LogP contribution in [0.25, 0.3) is 10.8 Å². The molecule has 15 heavy (non-hydrogen) atoms. The molecule has 0 N–H and O–H groups in total. The molecule has 0 amide bonds. The third-order valence-electron chi connectivity index (χ3n) is 2.16. The Morgan fingerprint density at radius 3 is 2.47 bits per heavy atom. The monoisotopic (exact) mass is 534 g/mol. The average molecular weight is 534 g/mol. The van der Waals surface area contributed by atoms with Gasteiger partial charge in [-0.15, -0.1) is 0 Å². The molecule has 0 radical (unpaired) electrons. The summed E-state index contributed by atoms with van der Waals surface area (Å²) in [7, 11) is 0. The van der Waals surface area contributed by atoms with E-state index >= 15 is 0 Å². The molecule has 4 heteroatoms.